The molecule has 2 atom stereocenters. The fourth-order valence-electron chi connectivity index (χ4n) is 3.40. The molecule has 1 aromatic heterocycles. The maximum atomic E-state index is 4.53. The van der Waals surface area contributed by atoms with Crippen LogP contribution in [0.15, 0.2) is 36.5 Å². The first kappa shape index (κ1) is 13.6. The van der Waals surface area contributed by atoms with E-state index in [9.17, 15) is 0 Å². The van der Waals surface area contributed by atoms with Crippen molar-refractivity contribution in [2.75, 3.05) is 6.54 Å². The first-order valence-electron chi connectivity index (χ1n) is 7.89. The lowest BCUT2D eigenvalue weighted by Crippen LogP contribution is -2.34. The quantitative estimate of drug-likeness (QED) is 0.908. The van der Waals surface area contributed by atoms with Gasteiger partial charge in [0.05, 0.1) is 5.52 Å². The predicted octanol–water partition coefficient (Wildman–Crippen LogP) is 3.95. The largest absolute Gasteiger partial charge is 0.314 e. The Bertz CT molecular complexity index is 559. The minimum Gasteiger partial charge on any atom is -0.314 e. The number of para-hydroxylation sites is 1. The van der Waals surface area contributed by atoms with Gasteiger partial charge in [-0.2, -0.15) is 0 Å². The van der Waals surface area contributed by atoms with E-state index in [1.807, 2.05) is 12.3 Å². The summed E-state index contributed by atoms with van der Waals surface area (Å²) in [5, 5.41) is 4.98. The fourth-order valence-corrected chi connectivity index (χ4v) is 3.40. The van der Waals surface area contributed by atoms with Crippen LogP contribution in [0.1, 0.15) is 38.2 Å². The van der Waals surface area contributed by atoms with Gasteiger partial charge >= 0.3 is 0 Å². The van der Waals surface area contributed by atoms with E-state index in [0.29, 0.717) is 0 Å². The van der Waals surface area contributed by atoms with Crippen molar-refractivity contribution in [1.82, 2.24) is 10.3 Å². The van der Waals surface area contributed by atoms with Crippen LogP contribution < -0.4 is 5.32 Å². The molecular weight excluding hydrogens is 244 g/mol. The summed E-state index contributed by atoms with van der Waals surface area (Å²) in [7, 11) is 0. The number of nitrogens with zero attached hydrogens (tertiary/aromatic N) is 1. The summed E-state index contributed by atoms with van der Waals surface area (Å²) in [6.07, 6.45) is 8.44. The number of hydrogen-bond donors (Lipinski definition) is 1. The first-order chi connectivity index (χ1) is 9.83. The summed E-state index contributed by atoms with van der Waals surface area (Å²) in [5.74, 6) is 0.889. The Morgan fingerprint density at radius 2 is 2.10 bits per heavy atom. The number of nitrogens with one attached hydrogen (secondary N) is 1. The SMILES string of the molecule is CC1CCCC(NCCc2cccc3cccnc23)C1. The summed E-state index contributed by atoms with van der Waals surface area (Å²) in [5.41, 5.74) is 2.52. The molecule has 1 fully saturated rings. The van der Waals surface area contributed by atoms with Gasteiger partial charge in [0.25, 0.3) is 0 Å². The molecule has 1 aliphatic carbocycles. The van der Waals surface area contributed by atoms with E-state index >= 15 is 0 Å². The summed E-state index contributed by atoms with van der Waals surface area (Å²) in [6, 6.07) is 11.4. The summed E-state index contributed by atoms with van der Waals surface area (Å²) in [6.45, 7) is 3.44. The van der Waals surface area contributed by atoms with E-state index in [2.05, 4.69) is 41.5 Å². The Balaban J connectivity index is 1.60. The van der Waals surface area contributed by atoms with E-state index < -0.39 is 0 Å². The molecule has 0 aliphatic heterocycles. The highest BCUT2D eigenvalue weighted by molar-refractivity contribution is 5.81. The molecule has 0 saturated heterocycles. The van der Waals surface area contributed by atoms with Crippen LogP contribution in [0.3, 0.4) is 0 Å². The normalized spacial score (nSPS) is 23.1. The molecule has 1 saturated carbocycles. The smallest absolute Gasteiger partial charge is 0.0734 e. The Morgan fingerprint density at radius 1 is 1.20 bits per heavy atom. The average Bonchev–Trinajstić information content (AvgIpc) is 2.48. The lowest BCUT2D eigenvalue weighted by Gasteiger charge is -2.27. The molecule has 2 unspecified atom stereocenters. The van der Waals surface area contributed by atoms with Crippen LogP contribution in [-0.2, 0) is 6.42 Å². The molecule has 0 spiro atoms. The second-order valence-corrected chi connectivity index (χ2v) is 6.17. The number of benzene rings is 1. The summed E-state index contributed by atoms with van der Waals surface area (Å²) < 4.78 is 0. The van der Waals surface area contributed by atoms with Crippen molar-refractivity contribution in [3.8, 4) is 0 Å². The molecule has 106 valence electrons. The van der Waals surface area contributed by atoms with Crippen molar-refractivity contribution < 1.29 is 0 Å². The zero-order valence-corrected chi connectivity index (χ0v) is 12.3. The topological polar surface area (TPSA) is 24.9 Å². The molecule has 2 heteroatoms. The maximum absolute atomic E-state index is 4.53. The predicted molar refractivity (Wildman–Crippen MR) is 84.9 cm³/mol. The molecule has 1 heterocycles. The molecule has 2 aromatic rings. The lowest BCUT2D eigenvalue weighted by molar-refractivity contribution is 0.303. The molecule has 20 heavy (non-hydrogen) atoms. The third kappa shape index (κ3) is 3.18. The molecule has 0 radical (unpaired) electrons. The minimum atomic E-state index is 0.724. The monoisotopic (exact) mass is 268 g/mol. The zero-order valence-electron chi connectivity index (χ0n) is 12.3. The van der Waals surface area contributed by atoms with Crippen molar-refractivity contribution in [3.05, 3.63) is 42.1 Å². The van der Waals surface area contributed by atoms with Gasteiger partial charge in [-0.05, 0) is 43.4 Å². The van der Waals surface area contributed by atoms with Crippen molar-refractivity contribution >= 4 is 10.9 Å². The molecule has 0 amide bonds. The number of aromatic nitrogens is 1. The number of rotatable bonds is 4. The Kier molecular flexibility index (Phi) is 4.31. The van der Waals surface area contributed by atoms with Crippen LogP contribution in [0.5, 0.6) is 0 Å². The minimum absolute atomic E-state index is 0.724. The number of hydrogen-bond acceptors (Lipinski definition) is 2. The zero-order chi connectivity index (χ0) is 13.8. The van der Waals surface area contributed by atoms with E-state index in [4.69, 9.17) is 0 Å². The van der Waals surface area contributed by atoms with E-state index in [-0.39, 0.29) is 0 Å². The van der Waals surface area contributed by atoms with Gasteiger partial charge in [-0.15, -0.1) is 0 Å². The number of fused-ring (bicyclic) bond motifs is 1. The standard InChI is InChI=1S/C18H24N2/c1-14-5-2-9-17(13-14)19-12-10-16-7-3-6-15-8-4-11-20-18(15)16/h3-4,6-8,11,14,17,19H,2,5,9-10,12-13H2,1H3. The molecule has 3 rings (SSSR count). The molecular formula is C18H24N2. The van der Waals surface area contributed by atoms with E-state index in [1.165, 1.54) is 36.6 Å². The Labute approximate surface area is 121 Å². The van der Waals surface area contributed by atoms with Crippen LogP contribution in [-0.4, -0.2) is 17.6 Å². The Morgan fingerprint density at radius 3 is 3.00 bits per heavy atom. The summed E-state index contributed by atoms with van der Waals surface area (Å²) >= 11 is 0. The van der Waals surface area contributed by atoms with Gasteiger partial charge in [0.2, 0.25) is 0 Å². The van der Waals surface area contributed by atoms with Crippen molar-refractivity contribution in [3.63, 3.8) is 0 Å². The highest BCUT2D eigenvalue weighted by Gasteiger charge is 2.17. The summed E-state index contributed by atoms with van der Waals surface area (Å²) in [4.78, 5) is 4.53. The van der Waals surface area contributed by atoms with Crippen LogP contribution in [0.4, 0.5) is 0 Å². The second-order valence-electron chi connectivity index (χ2n) is 6.17. The molecule has 2 nitrogen and oxygen atoms in total. The van der Waals surface area contributed by atoms with Crippen molar-refractivity contribution in [2.45, 2.75) is 45.1 Å². The van der Waals surface area contributed by atoms with Gasteiger partial charge in [0.1, 0.15) is 0 Å². The van der Waals surface area contributed by atoms with Crippen LogP contribution in [0.25, 0.3) is 10.9 Å². The van der Waals surface area contributed by atoms with Crippen LogP contribution in [0.2, 0.25) is 0 Å². The molecule has 1 aliphatic rings. The van der Waals surface area contributed by atoms with Gasteiger partial charge in [-0.1, -0.05) is 44.0 Å². The third-order valence-electron chi connectivity index (χ3n) is 4.48. The van der Waals surface area contributed by atoms with Crippen molar-refractivity contribution in [2.24, 2.45) is 5.92 Å². The highest BCUT2D eigenvalue weighted by atomic mass is 14.9. The molecule has 0 bridgehead atoms. The van der Waals surface area contributed by atoms with Crippen molar-refractivity contribution in [1.29, 1.82) is 0 Å². The van der Waals surface area contributed by atoms with Crippen LogP contribution >= 0.6 is 0 Å². The lowest BCUT2D eigenvalue weighted by atomic mass is 9.87. The number of pyridine rings is 1. The molecule has 1 N–H and O–H groups in total. The third-order valence-corrected chi connectivity index (χ3v) is 4.48. The Hall–Kier alpha value is -1.41. The first-order valence-corrected chi connectivity index (χ1v) is 7.89. The fraction of sp³-hybridized carbons (Fsp3) is 0.500. The second kappa shape index (κ2) is 6.36. The van der Waals surface area contributed by atoms with Gasteiger partial charge < -0.3 is 5.32 Å². The average molecular weight is 268 g/mol. The van der Waals surface area contributed by atoms with Gasteiger partial charge in [0, 0.05) is 17.6 Å². The van der Waals surface area contributed by atoms with Gasteiger partial charge in [-0.3, -0.25) is 4.98 Å². The molecule has 1 aromatic carbocycles. The van der Waals surface area contributed by atoms with Crippen LogP contribution in [0, 0.1) is 5.92 Å². The van der Waals surface area contributed by atoms with Gasteiger partial charge in [0.15, 0.2) is 0 Å². The highest BCUT2D eigenvalue weighted by Crippen LogP contribution is 2.23. The van der Waals surface area contributed by atoms with E-state index in [1.54, 1.807) is 0 Å². The maximum Gasteiger partial charge on any atom is 0.0734 e. The van der Waals surface area contributed by atoms with E-state index in [0.717, 1.165) is 30.4 Å². The van der Waals surface area contributed by atoms with Gasteiger partial charge in [-0.25, -0.2) is 0 Å².